The maximum atomic E-state index is 12.9. The summed E-state index contributed by atoms with van der Waals surface area (Å²) in [6.07, 6.45) is 4.93. The lowest BCUT2D eigenvalue weighted by molar-refractivity contribution is -0.146. The fourth-order valence-corrected chi connectivity index (χ4v) is 5.96. The molecule has 0 radical (unpaired) electrons. The van der Waals surface area contributed by atoms with Crippen LogP contribution in [0.2, 0.25) is 0 Å². The van der Waals surface area contributed by atoms with Crippen LogP contribution in [0, 0.1) is 17.2 Å². The Labute approximate surface area is 212 Å². The minimum atomic E-state index is -0.903. The summed E-state index contributed by atoms with van der Waals surface area (Å²) in [6.45, 7) is 10.6. The predicted octanol–water partition coefficient (Wildman–Crippen LogP) is 3.51. The van der Waals surface area contributed by atoms with Gasteiger partial charge in [-0.1, -0.05) is 18.7 Å². The van der Waals surface area contributed by atoms with Crippen molar-refractivity contribution in [1.29, 1.82) is 5.26 Å². The van der Waals surface area contributed by atoms with E-state index >= 15 is 0 Å². The van der Waals surface area contributed by atoms with Crippen LogP contribution in [0.15, 0.2) is 36.9 Å². The lowest BCUT2D eigenvalue weighted by Crippen LogP contribution is -2.36. The number of amides is 1. The number of likely N-dealkylation sites (tertiary alicyclic amines) is 1. The van der Waals surface area contributed by atoms with Crippen LogP contribution in [0.1, 0.15) is 32.6 Å². The zero-order valence-corrected chi connectivity index (χ0v) is 21.3. The highest BCUT2D eigenvalue weighted by Crippen LogP contribution is 2.37. The van der Waals surface area contributed by atoms with Crippen LogP contribution in [0.4, 0.5) is 5.69 Å². The van der Waals surface area contributed by atoms with Crippen molar-refractivity contribution >= 4 is 29.3 Å². The highest BCUT2D eigenvalue weighted by molar-refractivity contribution is 8.01. The SMILES string of the molecule is C=CCOC(=O)C(C#N)CC1SC(CCNc2cccc(OCCN3CCCC3)c2)C(=O)N1CC. The number of benzene rings is 1. The van der Waals surface area contributed by atoms with Gasteiger partial charge in [-0.2, -0.15) is 5.26 Å². The molecule has 1 amide bonds. The van der Waals surface area contributed by atoms with Crippen LogP contribution in [-0.2, 0) is 14.3 Å². The van der Waals surface area contributed by atoms with Gasteiger partial charge in [0.1, 0.15) is 24.9 Å². The summed E-state index contributed by atoms with van der Waals surface area (Å²) in [5.41, 5.74) is 0.956. The van der Waals surface area contributed by atoms with Crippen molar-refractivity contribution in [2.75, 3.05) is 51.3 Å². The van der Waals surface area contributed by atoms with Crippen LogP contribution in [0.5, 0.6) is 5.75 Å². The molecule has 0 aliphatic carbocycles. The first-order chi connectivity index (χ1) is 17.0. The molecule has 0 saturated carbocycles. The van der Waals surface area contributed by atoms with Gasteiger partial charge < -0.3 is 19.7 Å². The number of anilines is 1. The number of thioether (sulfide) groups is 1. The van der Waals surface area contributed by atoms with E-state index in [4.69, 9.17) is 9.47 Å². The van der Waals surface area contributed by atoms with Gasteiger partial charge in [0.15, 0.2) is 0 Å². The number of hydrogen-bond donors (Lipinski definition) is 1. The number of nitrogens with one attached hydrogen (secondary N) is 1. The molecule has 0 aromatic heterocycles. The molecule has 2 aliphatic heterocycles. The normalized spacial score (nSPS) is 20.9. The lowest BCUT2D eigenvalue weighted by Gasteiger charge is -2.23. The summed E-state index contributed by atoms with van der Waals surface area (Å²) >= 11 is 1.53. The maximum Gasteiger partial charge on any atom is 0.323 e. The van der Waals surface area contributed by atoms with E-state index < -0.39 is 11.9 Å². The summed E-state index contributed by atoms with van der Waals surface area (Å²) in [5.74, 6) is -0.577. The average molecular weight is 501 g/mol. The molecule has 35 heavy (non-hydrogen) atoms. The number of esters is 1. The standard InChI is InChI=1S/C26H36N4O4S/c1-3-15-34-26(32)20(19-27)17-24-30(4-2)25(31)23(35-24)10-11-28-21-8-7-9-22(18-21)33-16-14-29-12-5-6-13-29/h3,7-9,18,20,23-24,28H,1,4-6,10-17H2,2H3. The molecule has 190 valence electrons. The Balaban J connectivity index is 1.46. The zero-order valence-electron chi connectivity index (χ0n) is 20.5. The largest absolute Gasteiger partial charge is 0.492 e. The molecule has 0 spiro atoms. The van der Waals surface area contributed by atoms with Crippen molar-refractivity contribution < 1.29 is 19.1 Å². The minimum absolute atomic E-state index is 0.0550. The van der Waals surface area contributed by atoms with E-state index in [0.717, 1.165) is 31.1 Å². The molecule has 0 bridgehead atoms. The highest BCUT2D eigenvalue weighted by atomic mass is 32.2. The van der Waals surface area contributed by atoms with Gasteiger partial charge in [0.2, 0.25) is 5.91 Å². The summed E-state index contributed by atoms with van der Waals surface area (Å²) in [7, 11) is 0. The maximum absolute atomic E-state index is 12.9. The molecule has 3 atom stereocenters. The number of nitrogens with zero attached hydrogens (tertiary/aromatic N) is 3. The number of ether oxygens (including phenoxy) is 2. The van der Waals surface area contributed by atoms with Gasteiger partial charge in [-0.05, 0) is 51.4 Å². The molecular weight excluding hydrogens is 464 g/mol. The molecule has 3 rings (SSSR count). The third-order valence-corrected chi connectivity index (χ3v) is 7.76. The molecule has 2 fully saturated rings. The third kappa shape index (κ3) is 7.91. The van der Waals surface area contributed by atoms with Crippen LogP contribution >= 0.6 is 11.8 Å². The minimum Gasteiger partial charge on any atom is -0.492 e. The molecule has 2 aliphatic rings. The number of carbonyl (C=O) groups excluding carboxylic acids is 2. The molecule has 9 heteroatoms. The first kappa shape index (κ1) is 26.9. The van der Waals surface area contributed by atoms with Crippen LogP contribution in [0.25, 0.3) is 0 Å². The number of hydrogen-bond acceptors (Lipinski definition) is 8. The second kappa shape index (κ2) is 14.0. The Kier molecular flexibility index (Phi) is 10.8. The quantitative estimate of drug-likeness (QED) is 0.306. The summed E-state index contributed by atoms with van der Waals surface area (Å²) < 4.78 is 11.0. The average Bonchev–Trinajstić information content (AvgIpc) is 3.49. The first-order valence-electron chi connectivity index (χ1n) is 12.4. The van der Waals surface area contributed by atoms with Gasteiger partial charge in [0, 0.05) is 37.8 Å². The zero-order chi connectivity index (χ0) is 25.0. The topological polar surface area (TPSA) is 94.9 Å². The second-order valence-electron chi connectivity index (χ2n) is 8.68. The Morgan fingerprint density at radius 3 is 2.91 bits per heavy atom. The Morgan fingerprint density at radius 1 is 1.40 bits per heavy atom. The Hall–Kier alpha value is -2.70. The van der Waals surface area contributed by atoms with Crippen molar-refractivity contribution in [3.05, 3.63) is 36.9 Å². The van der Waals surface area contributed by atoms with E-state index in [1.54, 1.807) is 4.90 Å². The molecular formula is C26H36N4O4S. The Bertz CT molecular complexity index is 900. The first-order valence-corrected chi connectivity index (χ1v) is 13.3. The number of nitriles is 1. The smallest absolute Gasteiger partial charge is 0.323 e. The van der Waals surface area contributed by atoms with Crippen molar-refractivity contribution in [3.63, 3.8) is 0 Å². The van der Waals surface area contributed by atoms with Gasteiger partial charge in [-0.25, -0.2) is 0 Å². The highest BCUT2D eigenvalue weighted by Gasteiger charge is 2.41. The van der Waals surface area contributed by atoms with Gasteiger partial charge in [0.05, 0.1) is 16.7 Å². The summed E-state index contributed by atoms with van der Waals surface area (Å²) in [6, 6.07) is 9.93. The molecule has 1 aromatic carbocycles. The lowest BCUT2D eigenvalue weighted by atomic mass is 10.1. The molecule has 8 nitrogen and oxygen atoms in total. The molecule has 2 saturated heterocycles. The van der Waals surface area contributed by atoms with Gasteiger partial charge in [-0.3, -0.25) is 14.5 Å². The van der Waals surface area contributed by atoms with Crippen molar-refractivity contribution in [2.24, 2.45) is 5.92 Å². The molecule has 1 N–H and O–H groups in total. The fourth-order valence-electron chi connectivity index (χ4n) is 4.37. The van der Waals surface area contributed by atoms with E-state index in [0.29, 0.717) is 26.1 Å². The van der Waals surface area contributed by atoms with E-state index in [1.807, 2.05) is 37.3 Å². The second-order valence-corrected chi connectivity index (χ2v) is 10.1. The van der Waals surface area contributed by atoms with Gasteiger partial charge in [-0.15, -0.1) is 11.8 Å². The third-order valence-electron chi connectivity index (χ3n) is 6.23. The number of rotatable bonds is 14. The van der Waals surface area contributed by atoms with Gasteiger partial charge in [0.25, 0.3) is 0 Å². The van der Waals surface area contributed by atoms with Crippen molar-refractivity contribution in [1.82, 2.24) is 9.80 Å². The van der Waals surface area contributed by atoms with E-state index in [9.17, 15) is 14.9 Å². The van der Waals surface area contributed by atoms with Crippen molar-refractivity contribution in [3.8, 4) is 11.8 Å². The summed E-state index contributed by atoms with van der Waals surface area (Å²) in [4.78, 5) is 29.2. The van der Waals surface area contributed by atoms with E-state index in [2.05, 4.69) is 16.8 Å². The van der Waals surface area contributed by atoms with Crippen molar-refractivity contribution in [2.45, 2.75) is 43.2 Å². The molecule has 1 aromatic rings. The van der Waals surface area contributed by atoms with E-state index in [-0.39, 0.29) is 29.6 Å². The monoisotopic (exact) mass is 500 g/mol. The van der Waals surface area contributed by atoms with E-state index in [1.165, 1.54) is 30.7 Å². The molecule has 3 unspecified atom stereocenters. The number of carbonyl (C=O) groups is 2. The summed E-state index contributed by atoms with van der Waals surface area (Å²) in [5, 5.41) is 12.4. The predicted molar refractivity (Wildman–Crippen MR) is 138 cm³/mol. The van der Waals surface area contributed by atoms with Gasteiger partial charge >= 0.3 is 5.97 Å². The Morgan fingerprint density at radius 2 is 2.20 bits per heavy atom. The molecule has 2 heterocycles. The van der Waals surface area contributed by atoms with Crippen LogP contribution in [-0.4, -0.2) is 78.2 Å². The van der Waals surface area contributed by atoms with Crippen LogP contribution < -0.4 is 10.1 Å². The fraction of sp³-hybridized carbons (Fsp3) is 0.577. The van der Waals surface area contributed by atoms with Crippen LogP contribution in [0.3, 0.4) is 0 Å².